The molecule has 2 rings (SSSR count). The van der Waals surface area contributed by atoms with Gasteiger partial charge in [0.05, 0.1) is 31.0 Å². The Morgan fingerprint density at radius 3 is 2.23 bits per heavy atom. The molecule has 1 aliphatic heterocycles. The maximum atomic E-state index is 14.4. The fraction of sp³-hybridized carbons (Fsp3) is 0.684. The summed E-state index contributed by atoms with van der Waals surface area (Å²) in [6.45, 7) is 10.4. The van der Waals surface area contributed by atoms with Crippen LogP contribution in [0, 0.1) is 5.82 Å². The summed E-state index contributed by atoms with van der Waals surface area (Å²) >= 11 is 0. The fourth-order valence-electron chi connectivity index (χ4n) is 2.50. The van der Waals surface area contributed by atoms with Crippen LogP contribution in [-0.4, -0.2) is 51.9 Å². The Labute approximate surface area is 156 Å². The molecule has 0 saturated carbocycles. The van der Waals surface area contributed by atoms with Crippen LogP contribution in [0.1, 0.15) is 39.7 Å². The first-order chi connectivity index (χ1) is 12.3. The van der Waals surface area contributed by atoms with E-state index in [1.807, 2.05) is 33.8 Å². The number of hydrogen-bond donors (Lipinski definition) is 0. The van der Waals surface area contributed by atoms with Gasteiger partial charge in [-0.05, 0) is 45.6 Å². The van der Waals surface area contributed by atoms with E-state index in [1.165, 1.54) is 6.07 Å². The molecule has 1 heterocycles. The zero-order valence-electron chi connectivity index (χ0n) is 16.5. The number of methoxy groups -OCH3 is 1. The maximum Gasteiger partial charge on any atom is 0.494 e. The molecule has 7 heteroatoms. The van der Waals surface area contributed by atoms with Gasteiger partial charge in [0.2, 0.25) is 0 Å². The minimum Gasteiger partial charge on any atom is -0.399 e. The van der Waals surface area contributed by atoms with E-state index in [-0.39, 0.29) is 12.4 Å². The van der Waals surface area contributed by atoms with E-state index in [4.69, 9.17) is 23.5 Å². The van der Waals surface area contributed by atoms with E-state index < -0.39 is 18.3 Å². The topological polar surface area (TPSA) is 46.2 Å². The minimum atomic E-state index is -0.561. The second-order valence-corrected chi connectivity index (χ2v) is 7.45. The van der Waals surface area contributed by atoms with Crippen molar-refractivity contribution in [2.75, 3.05) is 33.5 Å². The lowest BCUT2D eigenvalue weighted by Crippen LogP contribution is -2.41. The van der Waals surface area contributed by atoms with Crippen molar-refractivity contribution in [2.24, 2.45) is 0 Å². The molecule has 5 nitrogen and oxygen atoms in total. The van der Waals surface area contributed by atoms with Gasteiger partial charge in [0.1, 0.15) is 5.82 Å². The highest BCUT2D eigenvalue weighted by molar-refractivity contribution is 6.62. The van der Waals surface area contributed by atoms with Crippen LogP contribution in [0.2, 0.25) is 0 Å². The predicted octanol–water partition coefficient (Wildman–Crippen LogP) is 2.69. The van der Waals surface area contributed by atoms with E-state index in [9.17, 15) is 4.39 Å². The average Bonchev–Trinajstić information content (AvgIpc) is 2.79. The zero-order chi connectivity index (χ0) is 19.2. The summed E-state index contributed by atoms with van der Waals surface area (Å²) < 4.78 is 42.1. The van der Waals surface area contributed by atoms with Crippen molar-refractivity contribution < 1.29 is 27.9 Å². The molecule has 1 aromatic carbocycles. The van der Waals surface area contributed by atoms with Gasteiger partial charge < -0.3 is 23.5 Å². The molecular weight excluding hydrogens is 338 g/mol. The van der Waals surface area contributed by atoms with Crippen LogP contribution in [0.15, 0.2) is 18.2 Å². The van der Waals surface area contributed by atoms with Gasteiger partial charge in [-0.25, -0.2) is 4.39 Å². The molecular formula is C19H30BFO5. The third-order valence-electron chi connectivity index (χ3n) is 4.87. The quantitative estimate of drug-likeness (QED) is 0.470. The number of rotatable bonds is 10. The summed E-state index contributed by atoms with van der Waals surface area (Å²) in [7, 11) is 1.08. The smallest absolute Gasteiger partial charge is 0.399 e. The summed E-state index contributed by atoms with van der Waals surface area (Å²) in [4.78, 5) is 0. The summed E-state index contributed by atoms with van der Waals surface area (Å²) in [5.74, 6) is -0.312. The monoisotopic (exact) mass is 368 g/mol. The lowest BCUT2D eigenvalue weighted by Gasteiger charge is -2.32. The van der Waals surface area contributed by atoms with E-state index >= 15 is 0 Å². The van der Waals surface area contributed by atoms with Crippen molar-refractivity contribution in [1.82, 2.24) is 0 Å². The zero-order valence-corrected chi connectivity index (χ0v) is 16.5. The van der Waals surface area contributed by atoms with Crippen LogP contribution >= 0.6 is 0 Å². The van der Waals surface area contributed by atoms with E-state index in [2.05, 4.69) is 0 Å². The molecule has 1 aliphatic rings. The SMILES string of the molecule is COCCOCCCOCc1ccc(B2OC(C)(C)C(C)(C)O2)cc1F. The van der Waals surface area contributed by atoms with Crippen molar-refractivity contribution in [3.63, 3.8) is 0 Å². The Balaban J connectivity index is 1.79. The standard InChI is InChI=1S/C19H30BFO5/c1-18(2)19(3,4)26-20(25-18)16-8-7-15(17(21)13-16)14-24-10-6-9-23-12-11-22-5/h7-8,13H,6,9-12,14H2,1-5H3. The van der Waals surface area contributed by atoms with Gasteiger partial charge in [0.25, 0.3) is 0 Å². The number of benzene rings is 1. The molecule has 0 aromatic heterocycles. The summed E-state index contributed by atoms with van der Waals surface area (Å²) in [5.41, 5.74) is 0.310. The molecule has 0 bridgehead atoms. The van der Waals surface area contributed by atoms with Crippen LogP contribution < -0.4 is 5.46 Å². The average molecular weight is 368 g/mol. The van der Waals surface area contributed by atoms with Gasteiger partial charge in [0.15, 0.2) is 0 Å². The molecule has 1 saturated heterocycles. The normalized spacial score (nSPS) is 18.5. The molecule has 0 spiro atoms. The molecule has 1 aromatic rings. The molecule has 0 aliphatic carbocycles. The first-order valence-electron chi connectivity index (χ1n) is 9.05. The van der Waals surface area contributed by atoms with Gasteiger partial charge in [-0.2, -0.15) is 0 Å². The lowest BCUT2D eigenvalue weighted by molar-refractivity contribution is 0.00578. The summed E-state index contributed by atoms with van der Waals surface area (Å²) in [6.07, 6.45) is 0.761. The van der Waals surface area contributed by atoms with E-state index in [0.717, 1.165) is 6.42 Å². The second-order valence-electron chi connectivity index (χ2n) is 7.45. The van der Waals surface area contributed by atoms with Gasteiger partial charge in [0, 0.05) is 25.9 Å². The van der Waals surface area contributed by atoms with Crippen molar-refractivity contribution >= 4 is 12.6 Å². The van der Waals surface area contributed by atoms with Crippen molar-refractivity contribution in [2.45, 2.75) is 51.9 Å². The third-order valence-corrected chi connectivity index (χ3v) is 4.87. The van der Waals surface area contributed by atoms with E-state index in [1.54, 1.807) is 13.2 Å². The largest absolute Gasteiger partial charge is 0.494 e. The van der Waals surface area contributed by atoms with E-state index in [0.29, 0.717) is 37.5 Å². The van der Waals surface area contributed by atoms with Crippen molar-refractivity contribution in [1.29, 1.82) is 0 Å². The minimum absolute atomic E-state index is 0.230. The highest BCUT2D eigenvalue weighted by Gasteiger charge is 2.51. The molecule has 0 atom stereocenters. The third kappa shape index (κ3) is 5.50. The molecule has 0 N–H and O–H groups in total. The Kier molecular flexibility index (Phi) is 7.61. The van der Waals surface area contributed by atoms with Gasteiger partial charge in [-0.1, -0.05) is 12.1 Å². The Hall–Kier alpha value is -0.985. The molecule has 0 unspecified atom stereocenters. The van der Waals surface area contributed by atoms with Crippen molar-refractivity contribution in [3.8, 4) is 0 Å². The summed E-state index contributed by atoms with van der Waals surface area (Å²) in [5, 5.41) is 0. The van der Waals surface area contributed by atoms with Gasteiger partial charge in [-0.3, -0.25) is 0 Å². The Bertz CT molecular complexity index is 563. The number of hydrogen-bond acceptors (Lipinski definition) is 5. The number of ether oxygens (including phenoxy) is 3. The molecule has 1 fully saturated rings. The van der Waals surface area contributed by atoms with Gasteiger partial charge >= 0.3 is 7.12 Å². The van der Waals surface area contributed by atoms with Crippen LogP contribution in [-0.2, 0) is 30.1 Å². The van der Waals surface area contributed by atoms with Crippen LogP contribution in [0.25, 0.3) is 0 Å². The Morgan fingerprint density at radius 1 is 0.962 bits per heavy atom. The second kappa shape index (κ2) is 9.28. The first-order valence-corrected chi connectivity index (χ1v) is 9.05. The predicted molar refractivity (Wildman–Crippen MR) is 99.1 cm³/mol. The molecule has 26 heavy (non-hydrogen) atoms. The number of halogens is 1. The molecule has 146 valence electrons. The Morgan fingerprint density at radius 2 is 1.62 bits per heavy atom. The fourth-order valence-corrected chi connectivity index (χ4v) is 2.50. The maximum absolute atomic E-state index is 14.4. The molecule has 0 radical (unpaired) electrons. The van der Waals surface area contributed by atoms with Crippen LogP contribution in [0.5, 0.6) is 0 Å². The molecule has 0 amide bonds. The summed E-state index contributed by atoms with van der Waals surface area (Å²) in [6, 6.07) is 5.03. The first kappa shape index (κ1) is 21.3. The van der Waals surface area contributed by atoms with Crippen LogP contribution in [0.3, 0.4) is 0 Å². The lowest BCUT2D eigenvalue weighted by atomic mass is 9.79. The van der Waals surface area contributed by atoms with Gasteiger partial charge in [-0.15, -0.1) is 0 Å². The highest BCUT2D eigenvalue weighted by Crippen LogP contribution is 2.36. The highest BCUT2D eigenvalue weighted by atomic mass is 19.1. The van der Waals surface area contributed by atoms with Crippen molar-refractivity contribution in [3.05, 3.63) is 29.6 Å². The van der Waals surface area contributed by atoms with Crippen LogP contribution in [0.4, 0.5) is 4.39 Å².